The van der Waals surface area contributed by atoms with Crippen LogP contribution in [0.15, 0.2) is 54.6 Å². The van der Waals surface area contributed by atoms with Crippen LogP contribution in [0.4, 0.5) is 0 Å². The number of amides is 2. The molecule has 0 aliphatic carbocycles. The number of carbonyl (C=O) groups is 2. The lowest BCUT2D eigenvalue weighted by Crippen LogP contribution is -2.39. The third-order valence-electron chi connectivity index (χ3n) is 5.82. The van der Waals surface area contributed by atoms with Gasteiger partial charge in [-0.3, -0.25) is 14.3 Å². The van der Waals surface area contributed by atoms with Crippen molar-refractivity contribution in [3.63, 3.8) is 0 Å². The van der Waals surface area contributed by atoms with Crippen LogP contribution >= 0.6 is 11.6 Å². The molecular formula is C23H21ClN4O2. The summed E-state index contributed by atoms with van der Waals surface area (Å²) < 4.78 is 1.65. The van der Waals surface area contributed by atoms with Gasteiger partial charge in [-0.25, -0.2) is 0 Å². The van der Waals surface area contributed by atoms with Gasteiger partial charge in [0.15, 0.2) is 5.69 Å². The van der Waals surface area contributed by atoms with Crippen LogP contribution in [0.25, 0.3) is 0 Å². The van der Waals surface area contributed by atoms with Crippen LogP contribution in [-0.2, 0) is 26.1 Å². The third-order valence-corrected chi connectivity index (χ3v) is 6.19. The lowest BCUT2D eigenvalue weighted by Gasteiger charge is -2.28. The molecule has 0 radical (unpaired) electrons. The van der Waals surface area contributed by atoms with Gasteiger partial charge < -0.3 is 9.80 Å². The van der Waals surface area contributed by atoms with Gasteiger partial charge in [0.2, 0.25) is 0 Å². The summed E-state index contributed by atoms with van der Waals surface area (Å²) in [6.07, 6.45) is 0.833. The van der Waals surface area contributed by atoms with Gasteiger partial charge in [0.1, 0.15) is 5.69 Å². The minimum Gasteiger partial charge on any atom is -0.333 e. The van der Waals surface area contributed by atoms with Crippen molar-refractivity contribution in [3.8, 4) is 0 Å². The first-order valence-electron chi connectivity index (χ1n) is 10.1. The Kier molecular flexibility index (Phi) is 4.79. The van der Waals surface area contributed by atoms with Crippen molar-refractivity contribution >= 4 is 23.4 Å². The Labute approximate surface area is 179 Å². The average molecular weight is 421 g/mol. The molecule has 2 aromatic carbocycles. The molecule has 0 saturated heterocycles. The maximum atomic E-state index is 13.1. The molecule has 5 rings (SSSR count). The predicted molar refractivity (Wildman–Crippen MR) is 113 cm³/mol. The van der Waals surface area contributed by atoms with Crippen molar-refractivity contribution in [3.05, 3.63) is 87.7 Å². The van der Waals surface area contributed by atoms with E-state index in [4.69, 9.17) is 11.6 Å². The summed E-state index contributed by atoms with van der Waals surface area (Å²) in [5, 5.41) is 5.09. The van der Waals surface area contributed by atoms with Crippen molar-refractivity contribution < 1.29 is 9.59 Å². The van der Waals surface area contributed by atoms with E-state index < -0.39 is 0 Å². The van der Waals surface area contributed by atoms with Crippen LogP contribution in [-0.4, -0.2) is 44.5 Å². The van der Waals surface area contributed by atoms with Gasteiger partial charge >= 0.3 is 0 Å². The zero-order chi connectivity index (χ0) is 20.7. The van der Waals surface area contributed by atoms with Crippen LogP contribution in [0.3, 0.4) is 0 Å². The van der Waals surface area contributed by atoms with Crippen molar-refractivity contribution in [1.82, 2.24) is 19.6 Å². The van der Waals surface area contributed by atoms with Crippen LogP contribution < -0.4 is 0 Å². The van der Waals surface area contributed by atoms with E-state index in [-0.39, 0.29) is 11.8 Å². The highest BCUT2D eigenvalue weighted by molar-refractivity contribution is 6.31. The molecule has 0 saturated carbocycles. The van der Waals surface area contributed by atoms with E-state index in [1.807, 2.05) is 41.3 Å². The van der Waals surface area contributed by atoms with Crippen LogP contribution in [0.1, 0.15) is 37.7 Å². The summed E-state index contributed by atoms with van der Waals surface area (Å²) in [4.78, 5) is 29.6. The minimum absolute atomic E-state index is 0.128. The first kappa shape index (κ1) is 18.9. The Balaban J connectivity index is 1.34. The fourth-order valence-electron chi connectivity index (χ4n) is 4.16. The molecule has 7 heteroatoms. The second-order valence-corrected chi connectivity index (χ2v) is 8.11. The summed E-state index contributed by atoms with van der Waals surface area (Å²) in [7, 11) is 0. The Morgan fingerprint density at radius 1 is 1.00 bits per heavy atom. The standard InChI is InChI=1S/C23H21ClN4O2/c24-19-8-4-3-7-18(19)15-27-11-12-28-21(23(27)30)13-20(25-28)22(29)26-10-9-16-5-1-2-6-17(16)14-26/h1-8,13H,9-12,14-15H2. The summed E-state index contributed by atoms with van der Waals surface area (Å²) in [5.41, 5.74) is 4.15. The van der Waals surface area contributed by atoms with E-state index in [0.29, 0.717) is 49.1 Å². The van der Waals surface area contributed by atoms with Gasteiger partial charge in [0.05, 0.1) is 6.54 Å². The minimum atomic E-state index is -0.128. The number of aromatic nitrogens is 2. The van der Waals surface area contributed by atoms with E-state index in [1.54, 1.807) is 15.6 Å². The van der Waals surface area contributed by atoms with E-state index in [0.717, 1.165) is 12.0 Å². The van der Waals surface area contributed by atoms with Gasteiger partial charge in [-0.05, 0) is 29.2 Å². The normalized spacial score (nSPS) is 15.7. The first-order valence-corrected chi connectivity index (χ1v) is 10.4. The molecule has 30 heavy (non-hydrogen) atoms. The largest absolute Gasteiger partial charge is 0.333 e. The Morgan fingerprint density at radius 2 is 1.77 bits per heavy atom. The second kappa shape index (κ2) is 7.61. The molecule has 1 aromatic heterocycles. The number of hydrogen-bond donors (Lipinski definition) is 0. The monoisotopic (exact) mass is 420 g/mol. The summed E-state index contributed by atoms with van der Waals surface area (Å²) in [6, 6.07) is 17.3. The SMILES string of the molecule is O=C(c1cc2n(n1)CCN(Cc1ccccc1Cl)C2=O)N1CCc2ccccc2C1. The fraction of sp³-hybridized carbons (Fsp3) is 0.261. The highest BCUT2D eigenvalue weighted by Gasteiger charge is 2.30. The van der Waals surface area contributed by atoms with Gasteiger partial charge in [0, 0.05) is 37.3 Å². The Bertz CT molecular complexity index is 1140. The van der Waals surface area contributed by atoms with Crippen LogP contribution in [0.5, 0.6) is 0 Å². The van der Waals surface area contributed by atoms with E-state index in [9.17, 15) is 9.59 Å². The molecule has 3 aromatic rings. The number of hydrogen-bond acceptors (Lipinski definition) is 3. The lowest BCUT2D eigenvalue weighted by atomic mass is 10.00. The molecule has 0 atom stereocenters. The smallest absolute Gasteiger partial charge is 0.274 e. The summed E-state index contributed by atoms with van der Waals surface area (Å²) >= 11 is 6.25. The lowest BCUT2D eigenvalue weighted by molar-refractivity contribution is 0.0680. The number of carbonyl (C=O) groups excluding carboxylic acids is 2. The first-order chi connectivity index (χ1) is 14.6. The van der Waals surface area contributed by atoms with Gasteiger partial charge in [0.25, 0.3) is 11.8 Å². The van der Waals surface area contributed by atoms with Crippen molar-refractivity contribution in [2.75, 3.05) is 13.1 Å². The van der Waals surface area contributed by atoms with Crippen molar-refractivity contribution in [2.45, 2.75) is 26.1 Å². The number of benzene rings is 2. The molecule has 2 amide bonds. The molecule has 0 fully saturated rings. The van der Waals surface area contributed by atoms with Gasteiger partial charge in [-0.15, -0.1) is 0 Å². The number of halogens is 1. The number of nitrogens with zero attached hydrogens (tertiary/aromatic N) is 4. The summed E-state index contributed by atoms with van der Waals surface area (Å²) in [5.74, 6) is -0.256. The Morgan fingerprint density at radius 3 is 2.60 bits per heavy atom. The van der Waals surface area contributed by atoms with E-state index in [2.05, 4.69) is 17.2 Å². The van der Waals surface area contributed by atoms with Gasteiger partial charge in [-0.1, -0.05) is 54.1 Å². The van der Waals surface area contributed by atoms with Crippen LogP contribution in [0.2, 0.25) is 5.02 Å². The fourth-order valence-corrected chi connectivity index (χ4v) is 4.35. The zero-order valence-corrected chi connectivity index (χ0v) is 17.2. The van der Waals surface area contributed by atoms with E-state index >= 15 is 0 Å². The molecule has 0 bridgehead atoms. The quantitative estimate of drug-likeness (QED) is 0.652. The molecule has 3 heterocycles. The number of rotatable bonds is 3. The zero-order valence-electron chi connectivity index (χ0n) is 16.4. The predicted octanol–water partition coefficient (Wildman–Crippen LogP) is 3.39. The van der Waals surface area contributed by atoms with Crippen LogP contribution in [0, 0.1) is 0 Å². The Hall–Kier alpha value is -3.12. The second-order valence-electron chi connectivity index (χ2n) is 7.70. The number of fused-ring (bicyclic) bond motifs is 2. The maximum absolute atomic E-state index is 13.1. The highest BCUT2D eigenvalue weighted by atomic mass is 35.5. The molecule has 152 valence electrons. The summed E-state index contributed by atoms with van der Waals surface area (Å²) in [6.45, 7) is 2.76. The molecule has 0 unspecified atom stereocenters. The highest BCUT2D eigenvalue weighted by Crippen LogP contribution is 2.23. The molecule has 2 aliphatic rings. The van der Waals surface area contributed by atoms with Gasteiger partial charge in [-0.2, -0.15) is 5.10 Å². The van der Waals surface area contributed by atoms with E-state index in [1.165, 1.54) is 11.1 Å². The topological polar surface area (TPSA) is 58.4 Å². The molecule has 0 N–H and O–H groups in total. The average Bonchev–Trinajstić information content (AvgIpc) is 3.21. The van der Waals surface area contributed by atoms with Crippen molar-refractivity contribution in [1.29, 1.82) is 0 Å². The maximum Gasteiger partial charge on any atom is 0.274 e. The molecule has 6 nitrogen and oxygen atoms in total. The molecule has 0 spiro atoms. The third kappa shape index (κ3) is 3.37. The molecule has 2 aliphatic heterocycles. The molecular weight excluding hydrogens is 400 g/mol. The van der Waals surface area contributed by atoms with Crippen molar-refractivity contribution in [2.24, 2.45) is 0 Å².